The predicted molar refractivity (Wildman–Crippen MR) is 77.5 cm³/mol. The maximum Gasteiger partial charge on any atom is 0.321 e. The van der Waals surface area contributed by atoms with Gasteiger partial charge in [0.1, 0.15) is 0 Å². The third-order valence-corrected chi connectivity index (χ3v) is 2.91. The second kappa shape index (κ2) is 8.68. The van der Waals surface area contributed by atoms with E-state index < -0.39 is 0 Å². The zero-order valence-corrected chi connectivity index (χ0v) is 12.0. The minimum absolute atomic E-state index is 0.135. The Balaban J connectivity index is 2.49. The van der Waals surface area contributed by atoms with Crippen LogP contribution < -0.4 is 5.32 Å². The van der Waals surface area contributed by atoms with Crippen molar-refractivity contribution in [3.8, 4) is 0 Å². The lowest BCUT2D eigenvalue weighted by Crippen LogP contribution is -2.41. The van der Waals surface area contributed by atoms with Gasteiger partial charge in [0.25, 0.3) is 0 Å². The Morgan fingerprint density at radius 2 is 1.79 bits per heavy atom. The molecule has 0 saturated heterocycles. The molecule has 1 aromatic rings. The summed E-state index contributed by atoms with van der Waals surface area (Å²) in [5, 5.41) is 20.2. The van der Waals surface area contributed by atoms with Crippen molar-refractivity contribution in [1.29, 1.82) is 0 Å². The van der Waals surface area contributed by atoms with Crippen molar-refractivity contribution in [1.82, 2.24) is 10.2 Å². The Morgan fingerprint density at radius 1 is 1.21 bits per heavy atom. The average molecular weight is 329 g/mol. The number of nitrogens with one attached hydrogen (secondary N) is 1. The summed E-state index contributed by atoms with van der Waals surface area (Å²) >= 11 is 3.34. The molecule has 0 bridgehead atoms. The number of aliphatic hydroxyl groups excluding tert-OH is 2. The molecule has 0 heterocycles. The van der Waals surface area contributed by atoms with E-state index in [-0.39, 0.29) is 32.3 Å². The monoisotopic (exact) mass is 328 g/mol. The zero-order valence-electron chi connectivity index (χ0n) is 10.4. The van der Waals surface area contributed by atoms with Crippen molar-refractivity contribution in [3.05, 3.63) is 40.5 Å². The Labute approximate surface area is 120 Å². The molecular weight excluding hydrogens is 312 g/mol. The summed E-state index contributed by atoms with van der Waals surface area (Å²) < 4.78 is 0.991. The smallest absolute Gasteiger partial charge is 0.321 e. The molecule has 0 aliphatic heterocycles. The molecule has 2 amide bonds. The van der Waals surface area contributed by atoms with Crippen molar-refractivity contribution in [2.45, 2.75) is 0 Å². The second-order valence-electron chi connectivity index (χ2n) is 3.77. The lowest BCUT2D eigenvalue weighted by Gasteiger charge is -2.19. The highest BCUT2D eigenvalue weighted by Gasteiger charge is 2.09. The van der Waals surface area contributed by atoms with Crippen molar-refractivity contribution < 1.29 is 15.0 Å². The highest BCUT2D eigenvalue weighted by atomic mass is 79.9. The van der Waals surface area contributed by atoms with Crippen molar-refractivity contribution in [2.24, 2.45) is 0 Å². The molecule has 1 rings (SSSR count). The van der Waals surface area contributed by atoms with Gasteiger partial charge in [-0.25, -0.2) is 4.79 Å². The number of hydrogen-bond acceptors (Lipinski definition) is 3. The quantitative estimate of drug-likeness (QED) is 0.739. The lowest BCUT2D eigenvalue weighted by atomic mass is 10.2. The van der Waals surface area contributed by atoms with Gasteiger partial charge >= 0.3 is 6.03 Å². The Bertz CT molecular complexity index is 414. The first-order valence-corrected chi connectivity index (χ1v) is 6.66. The summed E-state index contributed by atoms with van der Waals surface area (Å²) in [5.41, 5.74) is 0.958. The van der Waals surface area contributed by atoms with Gasteiger partial charge in [0.05, 0.1) is 13.2 Å². The first kappa shape index (κ1) is 15.7. The van der Waals surface area contributed by atoms with Crippen LogP contribution in [-0.4, -0.2) is 47.4 Å². The fraction of sp³-hybridized carbons (Fsp3) is 0.308. The number of rotatable bonds is 6. The highest BCUT2D eigenvalue weighted by Crippen LogP contribution is 2.11. The molecular formula is C13H17BrN2O3. The molecule has 0 saturated carbocycles. The van der Waals surface area contributed by atoms with Crippen LogP contribution in [0, 0.1) is 0 Å². The molecule has 0 aliphatic carbocycles. The van der Waals surface area contributed by atoms with Gasteiger partial charge < -0.3 is 20.4 Å². The summed E-state index contributed by atoms with van der Waals surface area (Å²) in [4.78, 5) is 13.0. The van der Waals surface area contributed by atoms with E-state index in [9.17, 15) is 4.79 Å². The lowest BCUT2D eigenvalue weighted by molar-refractivity contribution is 0.161. The number of halogens is 1. The van der Waals surface area contributed by atoms with Crippen LogP contribution in [0.3, 0.4) is 0 Å². The van der Waals surface area contributed by atoms with Crippen LogP contribution in [0.1, 0.15) is 5.56 Å². The van der Waals surface area contributed by atoms with E-state index in [2.05, 4.69) is 21.2 Å². The minimum atomic E-state index is -0.350. The maximum atomic E-state index is 11.7. The molecule has 0 aromatic heterocycles. The van der Waals surface area contributed by atoms with Crippen LogP contribution >= 0.6 is 15.9 Å². The molecule has 0 unspecified atom stereocenters. The number of nitrogens with zero attached hydrogens (tertiary/aromatic N) is 1. The Kier molecular flexibility index (Phi) is 7.17. The van der Waals surface area contributed by atoms with Crippen LogP contribution in [0.5, 0.6) is 0 Å². The van der Waals surface area contributed by atoms with Gasteiger partial charge in [0, 0.05) is 23.8 Å². The first-order chi connectivity index (χ1) is 9.17. The fourth-order valence-corrected chi connectivity index (χ4v) is 1.70. The number of carbonyl (C=O) groups excluding carboxylic acids is 1. The van der Waals surface area contributed by atoms with E-state index in [1.54, 1.807) is 6.08 Å². The van der Waals surface area contributed by atoms with Crippen molar-refractivity contribution in [2.75, 3.05) is 26.3 Å². The molecule has 104 valence electrons. The second-order valence-corrected chi connectivity index (χ2v) is 4.68. The third-order valence-electron chi connectivity index (χ3n) is 2.38. The van der Waals surface area contributed by atoms with Gasteiger partial charge in [-0.1, -0.05) is 28.1 Å². The molecule has 19 heavy (non-hydrogen) atoms. The summed E-state index contributed by atoms with van der Waals surface area (Å²) in [5.74, 6) is 0. The molecule has 6 heteroatoms. The number of aliphatic hydroxyl groups is 2. The van der Waals surface area contributed by atoms with Crippen LogP contribution in [0.25, 0.3) is 6.08 Å². The van der Waals surface area contributed by atoms with E-state index in [0.717, 1.165) is 10.0 Å². The van der Waals surface area contributed by atoms with Gasteiger partial charge in [-0.05, 0) is 23.8 Å². The average Bonchev–Trinajstić information content (AvgIpc) is 2.40. The fourth-order valence-electron chi connectivity index (χ4n) is 1.43. The maximum absolute atomic E-state index is 11.7. The van der Waals surface area contributed by atoms with E-state index >= 15 is 0 Å². The number of hydrogen-bond donors (Lipinski definition) is 3. The topological polar surface area (TPSA) is 72.8 Å². The molecule has 0 spiro atoms. The van der Waals surface area contributed by atoms with Gasteiger partial charge in [-0.2, -0.15) is 0 Å². The standard InChI is InChI=1S/C13H17BrN2O3/c14-12-3-1-11(2-4-12)5-6-15-13(19)16(7-9-17)8-10-18/h1-6,17-18H,7-10H2,(H,15,19)/b6-5+. The zero-order chi connectivity index (χ0) is 14.1. The summed E-state index contributed by atoms with van der Waals surface area (Å²) in [7, 11) is 0. The number of amides is 2. The Morgan fingerprint density at radius 3 is 2.32 bits per heavy atom. The molecule has 0 aliphatic rings. The van der Waals surface area contributed by atoms with Crippen LogP contribution in [0.4, 0.5) is 4.79 Å². The molecule has 0 radical (unpaired) electrons. The van der Waals surface area contributed by atoms with E-state index in [1.807, 2.05) is 24.3 Å². The Hall–Kier alpha value is -1.37. The first-order valence-electron chi connectivity index (χ1n) is 5.86. The van der Waals surface area contributed by atoms with Gasteiger partial charge in [0.2, 0.25) is 0 Å². The van der Waals surface area contributed by atoms with Gasteiger partial charge in [-0.15, -0.1) is 0 Å². The SMILES string of the molecule is O=C(N/C=C/c1ccc(Br)cc1)N(CCO)CCO. The summed E-state index contributed by atoms with van der Waals surface area (Å²) in [6, 6.07) is 7.28. The van der Waals surface area contributed by atoms with E-state index in [0.29, 0.717) is 0 Å². The van der Waals surface area contributed by atoms with Crippen molar-refractivity contribution in [3.63, 3.8) is 0 Å². The summed E-state index contributed by atoms with van der Waals surface area (Å²) in [6.45, 7) is 0.116. The van der Waals surface area contributed by atoms with E-state index in [1.165, 1.54) is 11.1 Å². The molecule has 5 nitrogen and oxygen atoms in total. The highest BCUT2D eigenvalue weighted by molar-refractivity contribution is 9.10. The number of carbonyl (C=O) groups is 1. The molecule has 1 aromatic carbocycles. The molecule has 0 atom stereocenters. The van der Waals surface area contributed by atoms with Gasteiger partial charge in [0.15, 0.2) is 0 Å². The van der Waals surface area contributed by atoms with Crippen LogP contribution in [0.2, 0.25) is 0 Å². The van der Waals surface area contributed by atoms with E-state index in [4.69, 9.17) is 10.2 Å². The number of urea groups is 1. The minimum Gasteiger partial charge on any atom is -0.395 e. The normalized spacial score (nSPS) is 10.7. The molecule has 0 fully saturated rings. The third kappa shape index (κ3) is 5.87. The number of benzene rings is 1. The van der Waals surface area contributed by atoms with Crippen molar-refractivity contribution >= 4 is 28.0 Å². The molecule has 3 N–H and O–H groups in total. The van der Waals surface area contributed by atoms with Crippen LogP contribution in [-0.2, 0) is 0 Å². The van der Waals surface area contributed by atoms with Crippen LogP contribution in [0.15, 0.2) is 34.9 Å². The van der Waals surface area contributed by atoms with Gasteiger partial charge in [-0.3, -0.25) is 0 Å². The summed E-state index contributed by atoms with van der Waals surface area (Å²) in [6.07, 6.45) is 3.30. The largest absolute Gasteiger partial charge is 0.395 e. The predicted octanol–water partition coefficient (Wildman–Crippen LogP) is 1.42.